The predicted molar refractivity (Wildman–Crippen MR) is 187 cm³/mol. The van der Waals surface area contributed by atoms with Crippen LogP contribution in [0.1, 0.15) is 68.6 Å². The van der Waals surface area contributed by atoms with E-state index in [1.165, 1.54) is 35.2 Å². The molecule has 7 rings (SSSR count). The summed E-state index contributed by atoms with van der Waals surface area (Å²) in [7, 11) is 0. The van der Waals surface area contributed by atoms with E-state index in [9.17, 15) is 23.6 Å². The van der Waals surface area contributed by atoms with E-state index in [0.29, 0.717) is 43.7 Å². The van der Waals surface area contributed by atoms with Gasteiger partial charge in [0.25, 0.3) is 17.7 Å². The Hall–Kier alpha value is -5.34. The lowest BCUT2D eigenvalue weighted by molar-refractivity contribution is -0.123. The topological polar surface area (TPSA) is 144 Å². The van der Waals surface area contributed by atoms with Crippen LogP contribution in [0.5, 0.6) is 11.5 Å². The molecule has 2 aromatic heterocycles. The van der Waals surface area contributed by atoms with E-state index in [2.05, 4.69) is 15.6 Å². The van der Waals surface area contributed by atoms with Crippen LogP contribution in [0.15, 0.2) is 60.8 Å². The molecule has 0 saturated carbocycles. The quantitative estimate of drug-likeness (QED) is 0.318. The van der Waals surface area contributed by atoms with Gasteiger partial charge in [-0.2, -0.15) is 0 Å². The third-order valence-electron chi connectivity index (χ3n) is 9.53. The number of carbonyl (C=O) groups excluding carboxylic acids is 4. The van der Waals surface area contributed by atoms with Crippen LogP contribution >= 0.6 is 0 Å². The van der Waals surface area contributed by atoms with E-state index >= 15 is 0 Å². The minimum atomic E-state index is -0.646. The van der Waals surface area contributed by atoms with Gasteiger partial charge >= 0.3 is 0 Å². The molecule has 4 aromatic rings. The molecule has 4 bridgehead atoms. The molecule has 5 heterocycles. The summed E-state index contributed by atoms with van der Waals surface area (Å²) in [6.45, 7) is 5.12. The van der Waals surface area contributed by atoms with Crippen LogP contribution < -0.4 is 15.4 Å². The van der Waals surface area contributed by atoms with Gasteiger partial charge in [0.05, 0.1) is 25.3 Å². The lowest BCUT2D eigenvalue weighted by atomic mass is 10.1. The van der Waals surface area contributed by atoms with Crippen molar-refractivity contribution in [3.63, 3.8) is 0 Å². The zero-order valence-electron chi connectivity index (χ0n) is 29.1. The highest BCUT2D eigenvalue weighted by Crippen LogP contribution is 2.28. The SMILES string of the molecule is CCCN1CC(=O)N[C@@H]2CN(C(=O)c3cn4c(C)cccc4n3)C[C@H]2OCc2cc(F)cc(c2)Oc2cc(C(=O)NC3CCOCC3)cc(c2)C1=O. The molecule has 2 atom stereocenters. The van der Waals surface area contributed by atoms with Gasteiger partial charge in [-0.1, -0.05) is 13.0 Å². The maximum absolute atomic E-state index is 15.0. The molecule has 3 aliphatic rings. The molecule has 3 aliphatic heterocycles. The van der Waals surface area contributed by atoms with Crippen molar-refractivity contribution in [1.29, 1.82) is 0 Å². The van der Waals surface area contributed by atoms with Crippen LogP contribution in [0.2, 0.25) is 0 Å². The fourth-order valence-corrected chi connectivity index (χ4v) is 6.92. The summed E-state index contributed by atoms with van der Waals surface area (Å²) in [6, 6.07) is 13.5. The molecule has 2 saturated heterocycles. The molecule has 2 N–H and O–H groups in total. The molecule has 0 unspecified atom stereocenters. The van der Waals surface area contributed by atoms with Gasteiger partial charge in [0.2, 0.25) is 5.91 Å². The standard InChI is InChI=1S/C38H41FN6O7/c1-3-9-43-21-35(46)42-31-18-44(38(49)32-19-45-23(2)5-4-6-34(45)41-32)20-33(31)51-22-24-12-27(39)17-29(13-24)52-30-15-25(14-26(16-30)37(43)48)36(47)40-28-7-10-50-11-8-28/h4-6,12-17,19,28,31,33H,3,7-11,18,20-22H2,1-2H3,(H,40,47)(H,42,46)/t31-,33-/m1/s1. The van der Waals surface area contributed by atoms with E-state index in [4.69, 9.17) is 14.2 Å². The number of imidazole rings is 1. The number of hydrogen-bond donors (Lipinski definition) is 2. The highest BCUT2D eigenvalue weighted by molar-refractivity contribution is 6.01. The molecule has 0 spiro atoms. The number of aromatic nitrogens is 2. The van der Waals surface area contributed by atoms with Crippen molar-refractivity contribution in [2.75, 3.05) is 39.4 Å². The van der Waals surface area contributed by atoms with Gasteiger partial charge in [0.1, 0.15) is 28.7 Å². The van der Waals surface area contributed by atoms with Crippen molar-refractivity contribution in [2.45, 2.75) is 57.9 Å². The Kier molecular flexibility index (Phi) is 10.2. The molecular formula is C38H41FN6O7. The van der Waals surface area contributed by atoms with Crippen LogP contribution in [-0.4, -0.2) is 100 Å². The van der Waals surface area contributed by atoms with Crippen molar-refractivity contribution < 1.29 is 37.8 Å². The van der Waals surface area contributed by atoms with Gasteiger partial charge in [0.15, 0.2) is 0 Å². The van der Waals surface area contributed by atoms with Crippen LogP contribution in [0.4, 0.5) is 4.39 Å². The maximum atomic E-state index is 15.0. The van der Waals surface area contributed by atoms with E-state index in [-0.39, 0.29) is 79.0 Å². The highest BCUT2D eigenvalue weighted by atomic mass is 19.1. The molecule has 14 heteroatoms. The Labute approximate surface area is 300 Å². The lowest BCUT2D eigenvalue weighted by Gasteiger charge is -2.26. The van der Waals surface area contributed by atoms with E-state index in [0.717, 1.165) is 5.69 Å². The van der Waals surface area contributed by atoms with Crippen LogP contribution in [-0.2, 0) is 20.9 Å². The first kappa shape index (κ1) is 35.1. The first-order chi connectivity index (χ1) is 25.1. The molecule has 272 valence electrons. The third-order valence-corrected chi connectivity index (χ3v) is 9.53. The Morgan fingerprint density at radius 2 is 1.85 bits per heavy atom. The monoisotopic (exact) mass is 712 g/mol. The fourth-order valence-electron chi connectivity index (χ4n) is 6.92. The molecule has 2 aromatic carbocycles. The van der Waals surface area contributed by atoms with E-state index in [1.54, 1.807) is 17.2 Å². The Morgan fingerprint density at radius 3 is 2.63 bits per heavy atom. The number of ether oxygens (including phenoxy) is 3. The van der Waals surface area contributed by atoms with Gasteiger partial charge in [-0.15, -0.1) is 0 Å². The second-order valence-corrected chi connectivity index (χ2v) is 13.5. The number of hydrogen-bond acceptors (Lipinski definition) is 8. The first-order valence-electron chi connectivity index (χ1n) is 17.6. The lowest BCUT2D eigenvalue weighted by Crippen LogP contribution is -2.49. The van der Waals surface area contributed by atoms with Gasteiger partial charge in [-0.25, -0.2) is 9.37 Å². The van der Waals surface area contributed by atoms with Crippen LogP contribution in [0.25, 0.3) is 5.65 Å². The van der Waals surface area contributed by atoms with Gasteiger partial charge in [-0.05, 0) is 74.2 Å². The largest absolute Gasteiger partial charge is 0.457 e. The molecule has 4 amide bonds. The zero-order chi connectivity index (χ0) is 36.4. The number of benzene rings is 2. The molecule has 52 heavy (non-hydrogen) atoms. The number of amides is 4. The molecule has 0 aliphatic carbocycles. The normalized spacial score (nSPS) is 20.0. The second-order valence-electron chi connectivity index (χ2n) is 13.5. The van der Waals surface area contributed by atoms with E-state index < -0.39 is 29.8 Å². The number of aryl methyl sites for hydroxylation is 1. The minimum Gasteiger partial charge on any atom is -0.457 e. The van der Waals surface area contributed by atoms with E-state index in [1.807, 2.05) is 36.4 Å². The Morgan fingerprint density at radius 1 is 1.04 bits per heavy atom. The van der Waals surface area contributed by atoms with Gasteiger partial charge in [-0.3, -0.25) is 19.2 Å². The fraction of sp³-hybridized carbons (Fsp3) is 0.395. The zero-order valence-corrected chi connectivity index (χ0v) is 29.1. The van der Waals surface area contributed by atoms with Crippen LogP contribution in [0, 0.1) is 12.7 Å². The smallest absolute Gasteiger partial charge is 0.274 e. The number of fused-ring (bicyclic) bond motifs is 6. The molecule has 2 fully saturated rings. The number of halogens is 1. The predicted octanol–water partition coefficient (Wildman–Crippen LogP) is 3.87. The summed E-state index contributed by atoms with van der Waals surface area (Å²) in [5, 5.41) is 6.00. The van der Waals surface area contributed by atoms with Crippen molar-refractivity contribution in [1.82, 2.24) is 29.8 Å². The molecular weight excluding hydrogens is 671 g/mol. The number of likely N-dealkylation sites (tertiary alicyclic amines) is 1. The average molecular weight is 713 g/mol. The summed E-state index contributed by atoms with van der Waals surface area (Å²) in [5.74, 6) is -1.91. The third kappa shape index (κ3) is 7.77. The summed E-state index contributed by atoms with van der Waals surface area (Å²) in [5.41, 5.74) is 2.60. The second kappa shape index (κ2) is 15.1. The summed E-state index contributed by atoms with van der Waals surface area (Å²) in [4.78, 5) is 62.3. The summed E-state index contributed by atoms with van der Waals surface area (Å²) in [6.07, 6.45) is 2.93. The van der Waals surface area contributed by atoms with Gasteiger partial charge in [0, 0.05) is 68.0 Å². The highest BCUT2D eigenvalue weighted by Gasteiger charge is 2.38. The number of nitrogens with zero attached hydrogens (tertiary/aromatic N) is 4. The molecule has 0 radical (unpaired) electrons. The van der Waals surface area contributed by atoms with Crippen molar-refractivity contribution in [3.8, 4) is 11.5 Å². The summed E-state index contributed by atoms with van der Waals surface area (Å²) >= 11 is 0. The van der Waals surface area contributed by atoms with Crippen LogP contribution in [0.3, 0.4) is 0 Å². The van der Waals surface area contributed by atoms with Crippen molar-refractivity contribution in [2.24, 2.45) is 0 Å². The maximum Gasteiger partial charge on any atom is 0.274 e. The Balaban J connectivity index is 1.19. The number of pyridine rings is 1. The number of nitrogens with one attached hydrogen (secondary N) is 2. The molecule has 13 nitrogen and oxygen atoms in total. The average Bonchev–Trinajstić information content (AvgIpc) is 3.75. The van der Waals surface area contributed by atoms with Crippen molar-refractivity contribution >= 4 is 29.3 Å². The number of carbonyl (C=O) groups is 4. The Bertz CT molecular complexity index is 2010. The van der Waals surface area contributed by atoms with Crippen molar-refractivity contribution in [3.05, 3.63) is 94.7 Å². The first-order valence-corrected chi connectivity index (χ1v) is 17.6. The van der Waals surface area contributed by atoms with Gasteiger partial charge < -0.3 is 39.0 Å². The number of rotatable bonds is 5. The summed E-state index contributed by atoms with van der Waals surface area (Å²) < 4.78 is 34.6. The minimum absolute atomic E-state index is 0.0417.